The summed E-state index contributed by atoms with van der Waals surface area (Å²) in [5.74, 6) is 0.947. The van der Waals surface area contributed by atoms with E-state index < -0.39 is 0 Å². The van der Waals surface area contributed by atoms with Crippen LogP contribution in [0.15, 0.2) is 10.5 Å². The normalized spacial score (nSPS) is 15.9. The average molecular weight is 324 g/mol. The minimum atomic E-state index is 0.0387. The molecule has 1 amide bonds. The highest BCUT2D eigenvalue weighted by atomic mass is 79.9. The van der Waals surface area contributed by atoms with E-state index in [1.54, 1.807) is 4.52 Å². The summed E-state index contributed by atoms with van der Waals surface area (Å²) in [6.07, 6.45) is 0. The molecule has 2 aromatic rings. The molecule has 3 rings (SSSR count). The molecule has 0 spiro atoms. The first-order valence-electron chi connectivity index (χ1n) is 6.10. The Morgan fingerprint density at radius 2 is 2.21 bits per heavy atom. The summed E-state index contributed by atoms with van der Waals surface area (Å²) >= 11 is 3.51. The molecular formula is C12H14BrN5O. The van der Waals surface area contributed by atoms with Crippen molar-refractivity contribution in [3.05, 3.63) is 21.9 Å². The van der Waals surface area contributed by atoms with Crippen LogP contribution >= 0.6 is 15.9 Å². The first kappa shape index (κ1) is 12.4. The molecule has 7 heteroatoms. The van der Waals surface area contributed by atoms with Crippen molar-refractivity contribution in [2.24, 2.45) is 0 Å². The summed E-state index contributed by atoms with van der Waals surface area (Å²) < 4.78 is 2.70. The number of anilines is 1. The highest BCUT2D eigenvalue weighted by Gasteiger charge is 2.21. The van der Waals surface area contributed by atoms with E-state index >= 15 is 0 Å². The summed E-state index contributed by atoms with van der Waals surface area (Å²) in [4.78, 5) is 18.1. The van der Waals surface area contributed by atoms with Gasteiger partial charge in [-0.3, -0.25) is 4.79 Å². The molecule has 100 valence electrons. The molecule has 1 aliphatic rings. The summed E-state index contributed by atoms with van der Waals surface area (Å²) in [5.41, 5.74) is 2.59. The number of aromatic nitrogens is 3. The van der Waals surface area contributed by atoms with Gasteiger partial charge in [0.1, 0.15) is 5.82 Å². The van der Waals surface area contributed by atoms with E-state index in [0.29, 0.717) is 13.1 Å². The SMILES string of the molecule is Cc1cc(N2CCNC(=O)C2)n2nc(C)c(Br)c2n1. The molecule has 0 aromatic carbocycles. The third-order valence-corrected chi connectivity index (χ3v) is 4.09. The van der Waals surface area contributed by atoms with E-state index in [1.807, 2.05) is 24.8 Å². The van der Waals surface area contributed by atoms with Crippen molar-refractivity contribution in [2.45, 2.75) is 13.8 Å². The third kappa shape index (κ3) is 2.07. The molecule has 2 aromatic heterocycles. The maximum atomic E-state index is 11.5. The number of carbonyl (C=O) groups excluding carboxylic acids is 1. The number of halogens is 1. The first-order valence-corrected chi connectivity index (χ1v) is 6.89. The van der Waals surface area contributed by atoms with Crippen LogP contribution in [-0.2, 0) is 4.79 Å². The molecule has 0 unspecified atom stereocenters. The van der Waals surface area contributed by atoms with Gasteiger partial charge in [0.25, 0.3) is 0 Å². The monoisotopic (exact) mass is 323 g/mol. The zero-order valence-corrected chi connectivity index (χ0v) is 12.4. The Morgan fingerprint density at radius 3 is 2.95 bits per heavy atom. The topological polar surface area (TPSA) is 62.5 Å². The number of piperazine rings is 1. The van der Waals surface area contributed by atoms with Crippen molar-refractivity contribution in [1.29, 1.82) is 0 Å². The van der Waals surface area contributed by atoms with Crippen LogP contribution in [0.2, 0.25) is 0 Å². The Labute approximate surface area is 118 Å². The van der Waals surface area contributed by atoms with Crippen LogP contribution in [0, 0.1) is 13.8 Å². The summed E-state index contributed by atoms with van der Waals surface area (Å²) in [6.45, 7) is 5.67. The second kappa shape index (κ2) is 4.48. The summed E-state index contributed by atoms with van der Waals surface area (Å²) in [5, 5.41) is 7.31. The van der Waals surface area contributed by atoms with Gasteiger partial charge in [-0.05, 0) is 29.8 Å². The van der Waals surface area contributed by atoms with Crippen LogP contribution in [0.1, 0.15) is 11.4 Å². The van der Waals surface area contributed by atoms with Gasteiger partial charge < -0.3 is 10.2 Å². The Balaban J connectivity index is 2.17. The lowest BCUT2D eigenvalue weighted by Gasteiger charge is -2.28. The van der Waals surface area contributed by atoms with Gasteiger partial charge in [0.2, 0.25) is 5.91 Å². The quantitative estimate of drug-likeness (QED) is 0.852. The van der Waals surface area contributed by atoms with Gasteiger partial charge in [-0.1, -0.05) is 0 Å². The largest absolute Gasteiger partial charge is 0.353 e. The smallest absolute Gasteiger partial charge is 0.239 e. The van der Waals surface area contributed by atoms with Crippen molar-refractivity contribution in [3.8, 4) is 0 Å². The number of nitrogens with zero attached hydrogens (tertiary/aromatic N) is 4. The number of aryl methyl sites for hydroxylation is 2. The van der Waals surface area contributed by atoms with E-state index in [2.05, 4.69) is 31.3 Å². The first-order chi connectivity index (χ1) is 9.06. The Hall–Kier alpha value is -1.63. The van der Waals surface area contributed by atoms with Crippen LogP contribution < -0.4 is 10.2 Å². The van der Waals surface area contributed by atoms with Crippen molar-refractivity contribution in [2.75, 3.05) is 24.5 Å². The molecule has 0 radical (unpaired) electrons. The molecule has 0 bridgehead atoms. The van der Waals surface area contributed by atoms with Crippen molar-refractivity contribution < 1.29 is 4.79 Å². The third-order valence-electron chi connectivity index (χ3n) is 3.16. The fourth-order valence-electron chi connectivity index (χ4n) is 2.26. The Morgan fingerprint density at radius 1 is 1.42 bits per heavy atom. The molecule has 1 N–H and O–H groups in total. The van der Waals surface area contributed by atoms with Crippen molar-refractivity contribution in [1.82, 2.24) is 19.9 Å². The molecular weight excluding hydrogens is 310 g/mol. The van der Waals surface area contributed by atoms with Gasteiger partial charge in [-0.25, -0.2) is 4.98 Å². The second-order valence-electron chi connectivity index (χ2n) is 4.66. The zero-order chi connectivity index (χ0) is 13.6. The van der Waals surface area contributed by atoms with Crippen LogP contribution in [0.5, 0.6) is 0 Å². The molecule has 1 fully saturated rings. The van der Waals surface area contributed by atoms with E-state index in [9.17, 15) is 4.79 Å². The summed E-state index contributed by atoms with van der Waals surface area (Å²) in [6, 6.07) is 1.96. The molecule has 0 saturated carbocycles. The number of rotatable bonds is 1. The van der Waals surface area contributed by atoms with Gasteiger partial charge in [0.05, 0.1) is 16.7 Å². The summed E-state index contributed by atoms with van der Waals surface area (Å²) in [7, 11) is 0. The Kier molecular flexibility index (Phi) is 2.93. The number of carbonyl (C=O) groups is 1. The Bertz CT molecular complexity index is 666. The number of fused-ring (bicyclic) bond motifs is 1. The molecule has 19 heavy (non-hydrogen) atoms. The lowest BCUT2D eigenvalue weighted by molar-refractivity contribution is -0.120. The van der Waals surface area contributed by atoms with Gasteiger partial charge >= 0.3 is 0 Å². The van der Waals surface area contributed by atoms with Gasteiger partial charge in [0.15, 0.2) is 5.65 Å². The lowest BCUT2D eigenvalue weighted by Crippen LogP contribution is -2.48. The van der Waals surface area contributed by atoms with Gasteiger partial charge in [0, 0.05) is 24.8 Å². The number of hydrogen-bond acceptors (Lipinski definition) is 4. The molecule has 1 saturated heterocycles. The standard InChI is InChI=1S/C12H14BrN5O/c1-7-5-10(17-4-3-14-9(19)6-17)18-12(15-7)11(13)8(2)16-18/h5H,3-4,6H2,1-2H3,(H,14,19). The highest BCUT2D eigenvalue weighted by Crippen LogP contribution is 2.25. The van der Waals surface area contributed by atoms with Crippen molar-refractivity contribution in [3.63, 3.8) is 0 Å². The van der Waals surface area contributed by atoms with Gasteiger partial charge in [-0.15, -0.1) is 0 Å². The molecule has 1 aliphatic heterocycles. The minimum absolute atomic E-state index is 0.0387. The predicted molar refractivity (Wildman–Crippen MR) is 75.4 cm³/mol. The maximum Gasteiger partial charge on any atom is 0.239 e. The number of amides is 1. The van der Waals surface area contributed by atoms with Crippen molar-refractivity contribution >= 4 is 33.3 Å². The average Bonchev–Trinajstić information content (AvgIpc) is 2.65. The van der Waals surface area contributed by atoms with E-state index in [4.69, 9.17) is 0 Å². The fourth-order valence-corrected chi connectivity index (χ4v) is 2.59. The fraction of sp³-hybridized carbons (Fsp3) is 0.417. The van der Waals surface area contributed by atoms with Gasteiger partial charge in [-0.2, -0.15) is 9.61 Å². The second-order valence-corrected chi connectivity index (χ2v) is 5.46. The zero-order valence-electron chi connectivity index (χ0n) is 10.8. The highest BCUT2D eigenvalue weighted by molar-refractivity contribution is 9.10. The number of hydrogen-bond donors (Lipinski definition) is 1. The molecule has 0 aliphatic carbocycles. The lowest BCUT2D eigenvalue weighted by atomic mass is 10.3. The number of nitrogens with one attached hydrogen (secondary N) is 1. The molecule has 3 heterocycles. The van der Waals surface area contributed by atoms with Crippen LogP contribution in [0.25, 0.3) is 5.65 Å². The van der Waals surface area contributed by atoms with E-state index in [1.165, 1.54) is 0 Å². The predicted octanol–water partition coefficient (Wildman–Crippen LogP) is 1.04. The molecule has 0 atom stereocenters. The maximum absolute atomic E-state index is 11.5. The van der Waals surface area contributed by atoms with Crippen LogP contribution in [0.3, 0.4) is 0 Å². The van der Waals surface area contributed by atoms with E-state index in [0.717, 1.165) is 33.9 Å². The van der Waals surface area contributed by atoms with Crippen LogP contribution in [0.4, 0.5) is 5.82 Å². The van der Waals surface area contributed by atoms with E-state index in [-0.39, 0.29) is 5.91 Å². The molecule has 6 nitrogen and oxygen atoms in total. The van der Waals surface area contributed by atoms with Crippen LogP contribution in [-0.4, -0.2) is 40.1 Å². The minimum Gasteiger partial charge on any atom is -0.353 e.